The van der Waals surface area contributed by atoms with E-state index >= 15 is 0 Å². The number of furan rings is 1. The van der Waals surface area contributed by atoms with Gasteiger partial charge in [0.05, 0.1) is 6.33 Å². The Kier molecular flexibility index (Phi) is 4.97. The predicted octanol–water partition coefficient (Wildman–Crippen LogP) is 3.05. The lowest BCUT2D eigenvalue weighted by molar-refractivity contribution is -0.148. The number of carbonyl (C=O) groups excluding carboxylic acids is 2. The number of para-hydroxylation sites is 2. The molecule has 0 aliphatic carbocycles. The minimum atomic E-state index is -0.698. The van der Waals surface area contributed by atoms with E-state index in [4.69, 9.17) is 9.15 Å². The number of amides is 1. The number of carbonyl (C=O) groups is 2. The minimum Gasteiger partial charge on any atom is -0.454 e. The lowest BCUT2D eigenvalue weighted by atomic mass is 9.96. The molecule has 0 N–H and O–H groups in total. The van der Waals surface area contributed by atoms with Gasteiger partial charge < -0.3 is 14.1 Å². The molecule has 2 aromatic carbocycles. The van der Waals surface area contributed by atoms with Crippen molar-refractivity contribution in [3.05, 3.63) is 70.8 Å². The number of esters is 1. The van der Waals surface area contributed by atoms with E-state index in [1.54, 1.807) is 17.0 Å². The molecular formula is C24H21N3O5. The number of hydrogen-bond acceptors (Lipinski definition) is 6. The van der Waals surface area contributed by atoms with Gasteiger partial charge in [-0.1, -0.05) is 30.3 Å². The van der Waals surface area contributed by atoms with Crippen LogP contribution in [0.3, 0.4) is 0 Å². The highest BCUT2D eigenvalue weighted by molar-refractivity contribution is 6.01. The number of aromatic nitrogens is 2. The van der Waals surface area contributed by atoms with Crippen LogP contribution >= 0.6 is 0 Å². The Morgan fingerprint density at radius 1 is 1.16 bits per heavy atom. The molecule has 8 nitrogen and oxygen atoms in total. The summed E-state index contributed by atoms with van der Waals surface area (Å²) in [5.41, 5.74) is 2.55. The highest BCUT2D eigenvalue weighted by Gasteiger charge is 2.28. The predicted molar refractivity (Wildman–Crippen MR) is 118 cm³/mol. The molecule has 0 radical (unpaired) electrons. The van der Waals surface area contributed by atoms with E-state index in [0.717, 1.165) is 34.0 Å². The van der Waals surface area contributed by atoms with Gasteiger partial charge in [-0.3, -0.25) is 19.0 Å². The van der Waals surface area contributed by atoms with Crippen LogP contribution in [0.1, 0.15) is 18.9 Å². The van der Waals surface area contributed by atoms with Crippen LogP contribution in [0.5, 0.6) is 0 Å². The van der Waals surface area contributed by atoms with Gasteiger partial charge in [0.25, 0.3) is 11.5 Å². The molecule has 0 saturated carbocycles. The smallest absolute Gasteiger partial charge is 0.326 e. The van der Waals surface area contributed by atoms with Crippen LogP contribution in [0, 0.1) is 0 Å². The monoisotopic (exact) mass is 431 g/mol. The van der Waals surface area contributed by atoms with Crippen molar-refractivity contribution in [1.29, 1.82) is 0 Å². The number of benzene rings is 2. The Bertz CT molecular complexity index is 1400. The molecule has 1 amide bonds. The van der Waals surface area contributed by atoms with E-state index in [9.17, 15) is 14.4 Å². The van der Waals surface area contributed by atoms with Gasteiger partial charge in [0.1, 0.15) is 17.6 Å². The summed E-state index contributed by atoms with van der Waals surface area (Å²) in [6.07, 6.45) is 3.04. The summed E-state index contributed by atoms with van der Waals surface area (Å²) in [6, 6.07) is 15.0. The van der Waals surface area contributed by atoms with E-state index in [2.05, 4.69) is 4.98 Å². The molecule has 1 unspecified atom stereocenters. The largest absolute Gasteiger partial charge is 0.454 e. The first-order valence-electron chi connectivity index (χ1n) is 10.4. The third kappa shape index (κ3) is 3.43. The van der Waals surface area contributed by atoms with Gasteiger partial charge >= 0.3 is 5.97 Å². The molecule has 0 bridgehead atoms. The van der Waals surface area contributed by atoms with Gasteiger partial charge in [-0.05, 0) is 43.5 Å². The Morgan fingerprint density at radius 3 is 2.81 bits per heavy atom. The molecule has 4 aromatic rings. The average Bonchev–Trinajstić information content (AvgIpc) is 3.19. The van der Waals surface area contributed by atoms with Crippen LogP contribution in [-0.2, 0) is 27.3 Å². The average molecular weight is 431 g/mol. The summed E-state index contributed by atoms with van der Waals surface area (Å²) in [5.74, 6) is -0.994. The maximum absolute atomic E-state index is 12.8. The van der Waals surface area contributed by atoms with Gasteiger partial charge in [-0.25, -0.2) is 4.98 Å². The summed E-state index contributed by atoms with van der Waals surface area (Å²) in [4.78, 5) is 43.9. The molecule has 0 spiro atoms. The van der Waals surface area contributed by atoms with Crippen LogP contribution in [0.4, 0.5) is 5.69 Å². The lowest BCUT2D eigenvalue weighted by Gasteiger charge is -2.35. The highest BCUT2D eigenvalue weighted by Crippen LogP contribution is 2.30. The molecule has 2 aromatic heterocycles. The summed E-state index contributed by atoms with van der Waals surface area (Å²) < 4.78 is 11.9. The zero-order valence-corrected chi connectivity index (χ0v) is 17.5. The molecule has 32 heavy (non-hydrogen) atoms. The second kappa shape index (κ2) is 7.96. The molecule has 1 aliphatic rings. The van der Waals surface area contributed by atoms with Gasteiger partial charge in [0.2, 0.25) is 5.58 Å². The van der Waals surface area contributed by atoms with Crippen LogP contribution in [0.15, 0.2) is 64.1 Å². The number of rotatable bonds is 4. The fourth-order valence-electron chi connectivity index (χ4n) is 4.19. The molecule has 1 atom stereocenters. The first-order chi connectivity index (χ1) is 15.5. The summed E-state index contributed by atoms with van der Waals surface area (Å²) in [7, 11) is 0. The SMILES string of the molecule is CC1CCc2ccccc2N1C(=O)COC(=O)Cn1cnc2c(oc3ccccc32)c1=O. The van der Waals surface area contributed by atoms with E-state index < -0.39 is 18.1 Å². The van der Waals surface area contributed by atoms with Crippen molar-refractivity contribution in [2.24, 2.45) is 0 Å². The topological polar surface area (TPSA) is 94.6 Å². The minimum absolute atomic E-state index is 0.0124. The Labute approximate surface area is 183 Å². The third-order valence-electron chi connectivity index (χ3n) is 5.80. The van der Waals surface area contributed by atoms with Crippen LogP contribution < -0.4 is 10.5 Å². The molecule has 162 valence electrons. The van der Waals surface area contributed by atoms with Crippen LogP contribution in [-0.4, -0.2) is 34.1 Å². The Hall–Kier alpha value is -3.94. The van der Waals surface area contributed by atoms with Crippen molar-refractivity contribution in [2.45, 2.75) is 32.4 Å². The maximum atomic E-state index is 12.8. The van der Waals surface area contributed by atoms with Crippen molar-refractivity contribution in [1.82, 2.24) is 9.55 Å². The maximum Gasteiger partial charge on any atom is 0.326 e. The van der Waals surface area contributed by atoms with E-state index in [1.165, 1.54) is 6.33 Å². The number of hydrogen-bond donors (Lipinski definition) is 0. The second-order valence-corrected chi connectivity index (χ2v) is 7.89. The molecular weight excluding hydrogens is 410 g/mol. The zero-order valence-electron chi connectivity index (χ0n) is 17.5. The molecule has 5 rings (SSSR count). The normalized spacial score (nSPS) is 15.7. The van der Waals surface area contributed by atoms with E-state index in [1.807, 2.05) is 43.3 Å². The number of nitrogens with zero attached hydrogens (tertiary/aromatic N) is 3. The quantitative estimate of drug-likeness (QED) is 0.461. The first-order valence-corrected chi connectivity index (χ1v) is 10.4. The fraction of sp³-hybridized carbons (Fsp3) is 0.250. The fourth-order valence-corrected chi connectivity index (χ4v) is 4.19. The lowest BCUT2D eigenvalue weighted by Crippen LogP contribution is -2.44. The molecule has 0 fully saturated rings. The number of fused-ring (bicyclic) bond motifs is 4. The third-order valence-corrected chi connectivity index (χ3v) is 5.80. The van der Waals surface area contributed by atoms with Crippen LogP contribution in [0.25, 0.3) is 22.1 Å². The van der Waals surface area contributed by atoms with Crippen molar-refractivity contribution in [2.75, 3.05) is 11.5 Å². The summed E-state index contributed by atoms with van der Waals surface area (Å²) in [6.45, 7) is 1.22. The second-order valence-electron chi connectivity index (χ2n) is 7.89. The standard InChI is InChI=1S/C24H21N3O5/c1-15-10-11-16-6-2-4-8-18(16)27(15)20(28)13-31-21(29)12-26-14-25-22-17-7-3-5-9-19(17)32-23(22)24(26)30/h2-9,14-15H,10-13H2,1H3. The van der Waals surface area contributed by atoms with E-state index in [-0.39, 0.29) is 24.1 Å². The summed E-state index contributed by atoms with van der Waals surface area (Å²) >= 11 is 0. The molecule has 3 heterocycles. The zero-order chi connectivity index (χ0) is 22.2. The van der Waals surface area contributed by atoms with Gasteiger partial charge in [-0.15, -0.1) is 0 Å². The van der Waals surface area contributed by atoms with Crippen molar-refractivity contribution in [3.63, 3.8) is 0 Å². The molecule has 8 heteroatoms. The van der Waals surface area contributed by atoms with Gasteiger partial charge in [0.15, 0.2) is 6.61 Å². The van der Waals surface area contributed by atoms with E-state index in [0.29, 0.717) is 11.1 Å². The Balaban J connectivity index is 1.30. The highest BCUT2D eigenvalue weighted by atomic mass is 16.5. The Morgan fingerprint density at radius 2 is 1.94 bits per heavy atom. The number of aryl methyl sites for hydroxylation is 1. The van der Waals surface area contributed by atoms with Crippen molar-refractivity contribution < 1.29 is 18.7 Å². The first kappa shape index (κ1) is 20.0. The van der Waals surface area contributed by atoms with Crippen molar-refractivity contribution in [3.8, 4) is 0 Å². The van der Waals surface area contributed by atoms with Crippen molar-refractivity contribution >= 4 is 39.6 Å². The number of ether oxygens (including phenoxy) is 1. The molecule has 0 saturated heterocycles. The summed E-state index contributed by atoms with van der Waals surface area (Å²) in [5, 5.41) is 0.732. The molecule has 1 aliphatic heterocycles. The number of anilines is 1. The van der Waals surface area contributed by atoms with Gasteiger partial charge in [0, 0.05) is 17.1 Å². The van der Waals surface area contributed by atoms with Crippen LogP contribution in [0.2, 0.25) is 0 Å². The van der Waals surface area contributed by atoms with Gasteiger partial charge in [-0.2, -0.15) is 0 Å².